The zero-order valence-electron chi connectivity index (χ0n) is 11.0. The van der Waals surface area contributed by atoms with E-state index in [0.717, 1.165) is 28.5 Å². The summed E-state index contributed by atoms with van der Waals surface area (Å²) >= 11 is 5.89. The molecule has 19 heavy (non-hydrogen) atoms. The molecule has 0 saturated heterocycles. The second-order valence-electron chi connectivity index (χ2n) is 4.08. The van der Waals surface area contributed by atoms with Crippen LogP contribution in [0.1, 0.15) is 18.2 Å². The minimum atomic E-state index is 0.369. The van der Waals surface area contributed by atoms with Gasteiger partial charge in [-0.3, -0.25) is 4.98 Å². The van der Waals surface area contributed by atoms with Crippen LogP contribution >= 0.6 is 11.6 Å². The Morgan fingerprint density at radius 3 is 2.74 bits per heavy atom. The van der Waals surface area contributed by atoms with Gasteiger partial charge in [0.2, 0.25) is 0 Å². The summed E-state index contributed by atoms with van der Waals surface area (Å²) in [5, 5.41) is 0. The van der Waals surface area contributed by atoms with E-state index < -0.39 is 0 Å². The Morgan fingerprint density at radius 1 is 1.21 bits per heavy atom. The molecule has 0 radical (unpaired) electrons. The summed E-state index contributed by atoms with van der Waals surface area (Å²) < 4.78 is 11.3. The SMILES string of the molecule is CCOc1cccc(Oc2cc(C)ncc2CCl)c1. The quantitative estimate of drug-likeness (QED) is 0.763. The van der Waals surface area contributed by atoms with Crippen molar-refractivity contribution < 1.29 is 9.47 Å². The molecule has 0 unspecified atom stereocenters. The average molecular weight is 278 g/mol. The smallest absolute Gasteiger partial charge is 0.135 e. The molecule has 4 heteroatoms. The van der Waals surface area contributed by atoms with Crippen LogP contribution in [0.2, 0.25) is 0 Å². The topological polar surface area (TPSA) is 31.4 Å². The molecule has 0 spiro atoms. The van der Waals surface area contributed by atoms with Gasteiger partial charge in [0.15, 0.2) is 0 Å². The van der Waals surface area contributed by atoms with Crippen LogP contribution in [0, 0.1) is 6.92 Å². The van der Waals surface area contributed by atoms with Gasteiger partial charge >= 0.3 is 0 Å². The number of ether oxygens (including phenoxy) is 2. The van der Waals surface area contributed by atoms with Crippen LogP contribution in [0.3, 0.4) is 0 Å². The number of aryl methyl sites for hydroxylation is 1. The fourth-order valence-electron chi connectivity index (χ4n) is 1.68. The van der Waals surface area contributed by atoms with Crippen LogP contribution in [0.15, 0.2) is 36.5 Å². The number of aromatic nitrogens is 1. The molecule has 0 saturated carbocycles. The van der Waals surface area contributed by atoms with E-state index in [2.05, 4.69) is 4.98 Å². The van der Waals surface area contributed by atoms with Crippen molar-refractivity contribution in [1.29, 1.82) is 0 Å². The lowest BCUT2D eigenvalue weighted by Gasteiger charge is -2.11. The van der Waals surface area contributed by atoms with Gasteiger partial charge < -0.3 is 9.47 Å². The zero-order chi connectivity index (χ0) is 13.7. The van der Waals surface area contributed by atoms with Crippen LogP contribution < -0.4 is 9.47 Å². The van der Waals surface area contributed by atoms with E-state index in [0.29, 0.717) is 12.5 Å². The number of nitrogens with zero attached hydrogens (tertiary/aromatic N) is 1. The molecule has 0 aliphatic heterocycles. The monoisotopic (exact) mass is 277 g/mol. The molecule has 0 fully saturated rings. The molecule has 0 atom stereocenters. The standard InChI is InChI=1S/C15H16ClNO2/c1-3-18-13-5-4-6-14(8-13)19-15-7-11(2)17-10-12(15)9-16/h4-8,10H,3,9H2,1-2H3. The summed E-state index contributed by atoms with van der Waals surface area (Å²) in [6.45, 7) is 4.50. The Balaban J connectivity index is 2.25. The maximum atomic E-state index is 5.89. The Morgan fingerprint density at radius 2 is 2.00 bits per heavy atom. The van der Waals surface area contributed by atoms with Gasteiger partial charge in [-0.2, -0.15) is 0 Å². The summed E-state index contributed by atoms with van der Waals surface area (Å²) in [7, 11) is 0. The molecule has 0 N–H and O–H groups in total. The molecule has 0 aliphatic rings. The van der Waals surface area contributed by atoms with Gasteiger partial charge in [-0.1, -0.05) is 6.07 Å². The Hall–Kier alpha value is -1.74. The number of rotatable bonds is 5. The second kappa shape index (κ2) is 6.43. The number of alkyl halides is 1. The van der Waals surface area contributed by atoms with E-state index >= 15 is 0 Å². The number of pyridine rings is 1. The van der Waals surface area contributed by atoms with Crippen molar-refractivity contribution in [3.63, 3.8) is 0 Å². The van der Waals surface area contributed by atoms with Gasteiger partial charge in [0.25, 0.3) is 0 Å². The lowest BCUT2D eigenvalue weighted by atomic mass is 10.2. The maximum absolute atomic E-state index is 5.89. The van der Waals surface area contributed by atoms with E-state index in [1.54, 1.807) is 6.20 Å². The van der Waals surface area contributed by atoms with Gasteiger partial charge in [0.1, 0.15) is 17.2 Å². The number of hydrogen-bond donors (Lipinski definition) is 0. The number of benzene rings is 1. The predicted molar refractivity (Wildman–Crippen MR) is 76.2 cm³/mol. The molecule has 100 valence electrons. The first-order chi connectivity index (χ1) is 9.22. The van der Waals surface area contributed by atoms with Crippen LogP contribution in [0.5, 0.6) is 17.2 Å². The highest BCUT2D eigenvalue weighted by atomic mass is 35.5. The second-order valence-corrected chi connectivity index (χ2v) is 4.34. The highest BCUT2D eigenvalue weighted by molar-refractivity contribution is 6.17. The molecule has 2 rings (SSSR count). The van der Waals surface area contributed by atoms with Crippen LogP contribution in [-0.2, 0) is 5.88 Å². The van der Waals surface area contributed by atoms with Crippen LogP contribution in [-0.4, -0.2) is 11.6 Å². The molecular formula is C15H16ClNO2. The van der Waals surface area contributed by atoms with Crippen molar-refractivity contribution in [3.8, 4) is 17.2 Å². The van der Waals surface area contributed by atoms with Crippen molar-refractivity contribution in [2.75, 3.05) is 6.61 Å². The Labute approximate surface area is 118 Å². The molecule has 0 amide bonds. The summed E-state index contributed by atoms with van der Waals surface area (Å²) in [6.07, 6.45) is 1.74. The summed E-state index contributed by atoms with van der Waals surface area (Å²) in [6, 6.07) is 9.42. The normalized spacial score (nSPS) is 10.3. The molecule has 1 aromatic carbocycles. The minimum absolute atomic E-state index is 0.369. The van der Waals surface area contributed by atoms with Crippen molar-refractivity contribution in [2.24, 2.45) is 0 Å². The first-order valence-corrected chi connectivity index (χ1v) is 6.68. The van der Waals surface area contributed by atoms with Crippen LogP contribution in [0.25, 0.3) is 0 Å². The Kier molecular flexibility index (Phi) is 4.63. The third kappa shape index (κ3) is 3.61. The number of hydrogen-bond acceptors (Lipinski definition) is 3. The van der Waals surface area contributed by atoms with Crippen molar-refractivity contribution >= 4 is 11.6 Å². The zero-order valence-corrected chi connectivity index (χ0v) is 11.8. The van der Waals surface area contributed by atoms with E-state index in [-0.39, 0.29) is 0 Å². The van der Waals surface area contributed by atoms with Gasteiger partial charge in [-0.15, -0.1) is 11.6 Å². The summed E-state index contributed by atoms with van der Waals surface area (Å²) in [5.41, 5.74) is 1.76. The van der Waals surface area contributed by atoms with E-state index in [1.807, 2.05) is 44.2 Å². The highest BCUT2D eigenvalue weighted by Crippen LogP contribution is 2.28. The average Bonchev–Trinajstić information content (AvgIpc) is 2.40. The van der Waals surface area contributed by atoms with E-state index in [4.69, 9.17) is 21.1 Å². The first-order valence-electron chi connectivity index (χ1n) is 6.15. The predicted octanol–water partition coefficient (Wildman–Crippen LogP) is 4.32. The van der Waals surface area contributed by atoms with Gasteiger partial charge in [-0.25, -0.2) is 0 Å². The van der Waals surface area contributed by atoms with Gasteiger partial charge in [-0.05, 0) is 26.0 Å². The molecular weight excluding hydrogens is 262 g/mol. The summed E-state index contributed by atoms with van der Waals surface area (Å²) in [4.78, 5) is 4.21. The molecule has 0 aliphatic carbocycles. The molecule has 1 heterocycles. The number of halogens is 1. The fraction of sp³-hybridized carbons (Fsp3) is 0.267. The van der Waals surface area contributed by atoms with Crippen molar-refractivity contribution in [2.45, 2.75) is 19.7 Å². The van der Waals surface area contributed by atoms with E-state index in [9.17, 15) is 0 Å². The van der Waals surface area contributed by atoms with Gasteiger partial charge in [0, 0.05) is 29.6 Å². The van der Waals surface area contributed by atoms with Crippen LogP contribution in [0.4, 0.5) is 0 Å². The lowest BCUT2D eigenvalue weighted by Crippen LogP contribution is -1.94. The third-order valence-electron chi connectivity index (χ3n) is 2.57. The molecule has 3 nitrogen and oxygen atoms in total. The van der Waals surface area contributed by atoms with Gasteiger partial charge in [0.05, 0.1) is 12.5 Å². The van der Waals surface area contributed by atoms with E-state index in [1.165, 1.54) is 0 Å². The summed E-state index contributed by atoms with van der Waals surface area (Å²) in [5.74, 6) is 2.62. The van der Waals surface area contributed by atoms with Crippen molar-refractivity contribution in [1.82, 2.24) is 4.98 Å². The highest BCUT2D eigenvalue weighted by Gasteiger charge is 2.06. The fourth-order valence-corrected chi connectivity index (χ4v) is 1.88. The minimum Gasteiger partial charge on any atom is -0.494 e. The Bertz CT molecular complexity index is 558. The molecule has 1 aromatic heterocycles. The first kappa shape index (κ1) is 13.7. The maximum Gasteiger partial charge on any atom is 0.135 e. The largest absolute Gasteiger partial charge is 0.494 e. The van der Waals surface area contributed by atoms with Crippen molar-refractivity contribution in [3.05, 3.63) is 47.8 Å². The lowest BCUT2D eigenvalue weighted by molar-refractivity contribution is 0.338. The molecule has 2 aromatic rings. The molecule has 0 bridgehead atoms. The third-order valence-corrected chi connectivity index (χ3v) is 2.86.